The molecule has 0 spiro atoms. The maximum Gasteiger partial charge on any atom is 0.322 e. The van der Waals surface area contributed by atoms with E-state index in [2.05, 4.69) is 84.3 Å². The first kappa shape index (κ1) is 22.1. The van der Waals surface area contributed by atoms with Crippen molar-refractivity contribution in [2.24, 2.45) is 0 Å². The van der Waals surface area contributed by atoms with Crippen LogP contribution in [0.5, 0.6) is 0 Å². The van der Waals surface area contributed by atoms with Gasteiger partial charge in [0, 0.05) is 35.4 Å². The summed E-state index contributed by atoms with van der Waals surface area (Å²) < 4.78 is 2.32. The quantitative estimate of drug-likeness (QED) is 0.365. The zero-order chi connectivity index (χ0) is 24.1. The Kier molecular flexibility index (Phi) is 5.50. The molecule has 2 aromatic heterocycles. The Bertz CT molecular complexity index is 1400. The van der Waals surface area contributed by atoms with Crippen LogP contribution in [-0.2, 0) is 19.5 Å². The molecule has 1 unspecified atom stereocenters. The number of aromatic nitrogens is 1. The summed E-state index contributed by atoms with van der Waals surface area (Å²) in [4.78, 5) is 19.9. The van der Waals surface area contributed by atoms with Gasteiger partial charge in [0.1, 0.15) is 5.00 Å². The highest BCUT2D eigenvalue weighted by Crippen LogP contribution is 2.43. The Morgan fingerprint density at radius 3 is 2.63 bits per heavy atom. The number of nitrogens with zero attached hydrogens (tertiary/aromatic N) is 3. The molecule has 2 aliphatic heterocycles. The molecule has 35 heavy (non-hydrogen) atoms. The lowest BCUT2D eigenvalue weighted by atomic mass is 10.0. The summed E-state index contributed by atoms with van der Waals surface area (Å²) in [6, 6.07) is 20.5. The second-order valence-corrected chi connectivity index (χ2v) is 10.8. The van der Waals surface area contributed by atoms with E-state index in [1.54, 1.807) is 0 Å². The number of likely N-dealkylation sites (N-methyl/N-ethyl adjacent to an activating group) is 1. The van der Waals surface area contributed by atoms with E-state index in [4.69, 9.17) is 0 Å². The number of hydrogen-bond acceptors (Lipinski definition) is 3. The van der Waals surface area contributed by atoms with Crippen molar-refractivity contribution in [1.82, 2.24) is 14.4 Å². The Labute approximate surface area is 210 Å². The minimum absolute atomic E-state index is 0.0685. The molecule has 1 N–H and O–H groups in total. The number of fused-ring (bicyclic) bond motifs is 5. The molecule has 1 atom stereocenters. The number of carbonyl (C=O) groups excluding carboxylic acids is 1. The third kappa shape index (κ3) is 3.77. The highest BCUT2D eigenvalue weighted by molar-refractivity contribution is 7.15. The van der Waals surface area contributed by atoms with Gasteiger partial charge in [0.05, 0.1) is 18.3 Å². The number of benzene rings is 2. The highest BCUT2D eigenvalue weighted by atomic mass is 32.1. The molecule has 0 radical (unpaired) electrons. The van der Waals surface area contributed by atoms with Crippen LogP contribution < -0.4 is 5.32 Å². The Morgan fingerprint density at radius 1 is 0.971 bits per heavy atom. The Balaban J connectivity index is 1.49. The molecule has 0 fully saturated rings. The number of rotatable bonds is 2. The first-order valence-corrected chi connectivity index (χ1v) is 13.0. The van der Waals surface area contributed by atoms with E-state index in [-0.39, 0.29) is 12.1 Å². The van der Waals surface area contributed by atoms with Crippen molar-refractivity contribution < 1.29 is 4.79 Å². The summed E-state index contributed by atoms with van der Waals surface area (Å²) in [6.45, 7) is 6.75. The van der Waals surface area contributed by atoms with E-state index in [1.807, 2.05) is 34.4 Å². The molecule has 6 rings (SSSR count). The minimum Gasteiger partial charge on any atom is -0.310 e. The van der Waals surface area contributed by atoms with E-state index in [9.17, 15) is 4.79 Å². The maximum absolute atomic E-state index is 14.1. The number of anilines is 1. The van der Waals surface area contributed by atoms with Crippen LogP contribution in [0.4, 0.5) is 10.5 Å². The predicted molar refractivity (Wildman–Crippen MR) is 142 cm³/mol. The lowest BCUT2D eigenvalue weighted by molar-refractivity contribution is 0.194. The van der Waals surface area contributed by atoms with Crippen molar-refractivity contribution >= 4 is 23.1 Å². The molecule has 0 saturated heterocycles. The average Bonchev–Trinajstić information content (AvgIpc) is 3.44. The van der Waals surface area contributed by atoms with Gasteiger partial charge in [-0.05, 0) is 67.8 Å². The van der Waals surface area contributed by atoms with Crippen molar-refractivity contribution in [3.63, 3.8) is 0 Å². The molecule has 0 aliphatic carbocycles. The van der Waals surface area contributed by atoms with Gasteiger partial charge in [-0.1, -0.05) is 42.5 Å². The monoisotopic (exact) mass is 482 g/mol. The van der Waals surface area contributed by atoms with Gasteiger partial charge in [-0.2, -0.15) is 0 Å². The number of amides is 2. The van der Waals surface area contributed by atoms with Crippen LogP contribution in [0, 0.1) is 13.8 Å². The lowest BCUT2D eigenvalue weighted by Gasteiger charge is -2.32. The van der Waals surface area contributed by atoms with Crippen molar-refractivity contribution in [1.29, 1.82) is 0 Å². The van der Waals surface area contributed by atoms with E-state index in [0.29, 0.717) is 6.54 Å². The van der Waals surface area contributed by atoms with Gasteiger partial charge >= 0.3 is 6.03 Å². The normalized spacial score (nSPS) is 17.3. The fraction of sp³-hybridized carbons (Fsp3) is 0.276. The highest BCUT2D eigenvalue weighted by Gasteiger charge is 2.36. The molecule has 2 amide bonds. The maximum atomic E-state index is 14.1. The van der Waals surface area contributed by atoms with Crippen molar-refractivity contribution in [3.8, 4) is 5.00 Å². The van der Waals surface area contributed by atoms with Gasteiger partial charge in [-0.3, -0.25) is 0 Å². The average molecular weight is 483 g/mol. The number of aryl methyl sites for hydroxylation is 1. The van der Waals surface area contributed by atoms with Gasteiger partial charge in [-0.15, -0.1) is 11.3 Å². The second-order valence-electron chi connectivity index (χ2n) is 9.70. The van der Waals surface area contributed by atoms with Crippen LogP contribution in [0.3, 0.4) is 0 Å². The number of hydrogen-bond donors (Lipinski definition) is 1. The van der Waals surface area contributed by atoms with Gasteiger partial charge in [0.15, 0.2) is 0 Å². The molecular formula is C29H30N4OS. The molecule has 4 heterocycles. The topological polar surface area (TPSA) is 40.5 Å². The third-order valence-corrected chi connectivity index (χ3v) is 8.74. The van der Waals surface area contributed by atoms with E-state index < -0.39 is 0 Å². The largest absolute Gasteiger partial charge is 0.322 e. The minimum atomic E-state index is -0.183. The van der Waals surface area contributed by atoms with Crippen LogP contribution >= 0.6 is 11.3 Å². The Morgan fingerprint density at radius 2 is 1.80 bits per heavy atom. The Hall–Kier alpha value is -3.35. The molecule has 4 aromatic rings. The number of nitrogens with one attached hydrogen (secondary N) is 1. The van der Waals surface area contributed by atoms with Crippen LogP contribution in [-0.4, -0.2) is 34.0 Å². The standard InChI is InChI=1S/C29H30N4OS/c1-19-9-7-12-24(20(19)2)30-29(34)33-17-23-22-14-16-31(3)18-26(22)35-28(23)32-15-8-13-25(32)27(33)21-10-5-4-6-11-21/h4-13,15,27H,14,16-18H2,1-3H3,(H,30,34). The second kappa shape index (κ2) is 8.70. The number of urea groups is 1. The van der Waals surface area contributed by atoms with Gasteiger partial charge in [0.2, 0.25) is 0 Å². The summed E-state index contributed by atoms with van der Waals surface area (Å²) in [5.74, 6) is 0. The molecule has 0 bridgehead atoms. The number of carbonyl (C=O) groups is 1. The fourth-order valence-corrected chi connectivity index (χ4v) is 6.85. The molecule has 2 aliphatic rings. The first-order valence-electron chi connectivity index (χ1n) is 12.2. The first-order chi connectivity index (χ1) is 17.0. The zero-order valence-corrected chi connectivity index (χ0v) is 21.2. The predicted octanol–water partition coefficient (Wildman–Crippen LogP) is 6.28. The molecular weight excluding hydrogens is 452 g/mol. The lowest BCUT2D eigenvalue weighted by Crippen LogP contribution is -2.38. The fourth-order valence-electron chi connectivity index (χ4n) is 5.41. The third-order valence-electron chi connectivity index (χ3n) is 7.48. The van der Waals surface area contributed by atoms with Gasteiger partial charge in [0.25, 0.3) is 0 Å². The summed E-state index contributed by atoms with van der Waals surface area (Å²) in [7, 11) is 2.18. The molecule has 6 heteroatoms. The van der Waals surface area contributed by atoms with Crippen LogP contribution in [0.1, 0.15) is 44.4 Å². The van der Waals surface area contributed by atoms with Crippen LogP contribution in [0.25, 0.3) is 5.00 Å². The SMILES string of the molecule is Cc1cccc(NC(=O)N2Cc3c(sc4c3CCN(C)C4)-n3cccc3C2c2ccccc2)c1C. The summed E-state index contributed by atoms with van der Waals surface area (Å²) in [6.07, 6.45) is 3.18. The summed E-state index contributed by atoms with van der Waals surface area (Å²) in [5.41, 5.74) is 8.12. The van der Waals surface area contributed by atoms with Crippen LogP contribution in [0.2, 0.25) is 0 Å². The smallest absolute Gasteiger partial charge is 0.310 e. The molecule has 178 valence electrons. The van der Waals surface area contributed by atoms with E-state index in [1.165, 1.54) is 26.6 Å². The number of thiophene rings is 1. The summed E-state index contributed by atoms with van der Waals surface area (Å²) >= 11 is 1.88. The van der Waals surface area contributed by atoms with E-state index in [0.717, 1.165) is 42.0 Å². The van der Waals surface area contributed by atoms with Crippen molar-refractivity contribution in [2.45, 2.75) is 39.4 Å². The van der Waals surface area contributed by atoms with Crippen molar-refractivity contribution in [3.05, 3.63) is 105 Å². The van der Waals surface area contributed by atoms with Gasteiger partial charge < -0.3 is 19.7 Å². The van der Waals surface area contributed by atoms with Crippen LogP contribution in [0.15, 0.2) is 66.9 Å². The summed E-state index contributed by atoms with van der Waals surface area (Å²) in [5, 5.41) is 4.51. The molecule has 2 aromatic carbocycles. The molecule has 5 nitrogen and oxygen atoms in total. The molecule has 0 saturated carbocycles. The zero-order valence-electron chi connectivity index (χ0n) is 20.4. The van der Waals surface area contributed by atoms with Crippen molar-refractivity contribution in [2.75, 3.05) is 18.9 Å². The van der Waals surface area contributed by atoms with E-state index >= 15 is 0 Å². The van der Waals surface area contributed by atoms with Gasteiger partial charge in [-0.25, -0.2) is 4.79 Å².